The van der Waals surface area contributed by atoms with Gasteiger partial charge in [0.15, 0.2) is 0 Å². The van der Waals surface area contributed by atoms with Crippen LogP contribution in [0.2, 0.25) is 0 Å². The first-order chi connectivity index (χ1) is 8.06. The number of phenols is 1. The molecule has 0 aliphatic carbocycles. The number of rotatable bonds is 3. The first-order valence-electron chi connectivity index (χ1n) is 5.37. The third-order valence-corrected chi connectivity index (χ3v) is 4.41. The molecule has 0 aliphatic heterocycles. The number of phenolic OH excluding ortho intramolecular Hbond substituents is 1. The topological polar surface area (TPSA) is 32.3 Å². The number of aryl methyl sites for hydroxylation is 1. The highest BCUT2D eigenvalue weighted by Crippen LogP contribution is 2.30. The molecule has 0 spiro atoms. The zero-order valence-electron chi connectivity index (χ0n) is 9.70. The lowest BCUT2D eigenvalue weighted by Crippen LogP contribution is -2.04. The number of benzene rings is 1. The van der Waals surface area contributed by atoms with E-state index in [0.717, 1.165) is 15.0 Å². The second-order valence-corrected chi connectivity index (χ2v) is 6.50. The second-order valence-electron chi connectivity index (χ2n) is 4.01. The Morgan fingerprint density at radius 3 is 2.65 bits per heavy atom. The molecule has 2 aromatic rings. The van der Waals surface area contributed by atoms with E-state index in [2.05, 4.69) is 40.3 Å². The molecule has 2 nitrogen and oxygen atoms in total. The van der Waals surface area contributed by atoms with Gasteiger partial charge in [0.2, 0.25) is 0 Å². The van der Waals surface area contributed by atoms with Gasteiger partial charge in [0.05, 0.1) is 9.83 Å². The molecule has 17 heavy (non-hydrogen) atoms. The Morgan fingerprint density at radius 2 is 2.06 bits per heavy atom. The number of halogens is 1. The number of hydrogen-bond acceptors (Lipinski definition) is 3. The van der Waals surface area contributed by atoms with Crippen molar-refractivity contribution < 1.29 is 5.11 Å². The Hall–Kier alpha value is -1.00. The molecule has 0 fully saturated rings. The highest BCUT2D eigenvalue weighted by molar-refractivity contribution is 9.11. The van der Waals surface area contributed by atoms with Crippen LogP contribution in [0.25, 0.3) is 0 Å². The second kappa shape index (κ2) is 5.10. The molecule has 0 amide bonds. The van der Waals surface area contributed by atoms with Gasteiger partial charge in [-0.3, -0.25) is 0 Å². The van der Waals surface area contributed by atoms with Crippen LogP contribution in [-0.2, 0) is 0 Å². The Kier molecular flexibility index (Phi) is 3.74. The summed E-state index contributed by atoms with van der Waals surface area (Å²) in [6.45, 7) is 4.02. The Morgan fingerprint density at radius 1 is 1.29 bits per heavy atom. The van der Waals surface area contributed by atoms with Crippen molar-refractivity contribution in [2.24, 2.45) is 0 Å². The fourth-order valence-electron chi connectivity index (χ4n) is 1.63. The van der Waals surface area contributed by atoms with Crippen molar-refractivity contribution in [3.63, 3.8) is 0 Å². The maximum Gasteiger partial charge on any atom is 0.118 e. The van der Waals surface area contributed by atoms with Crippen LogP contribution in [-0.4, -0.2) is 5.11 Å². The molecule has 2 rings (SSSR count). The number of aromatic hydroxyl groups is 1. The molecule has 0 aliphatic rings. The summed E-state index contributed by atoms with van der Waals surface area (Å²) in [6.07, 6.45) is 0. The van der Waals surface area contributed by atoms with Crippen molar-refractivity contribution in [2.45, 2.75) is 19.9 Å². The smallest absolute Gasteiger partial charge is 0.118 e. The quantitative estimate of drug-likeness (QED) is 0.805. The molecule has 1 aromatic heterocycles. The van der Waals surface area contributed by atoms with Crippen LogP contribution < -0.4 is 5.32 Å². The summed E-state index contributed by atoms with van der Waals surface area (Å²) < 4.78 is 1.14. The SMILES string of the molecule is Cc1cc(NC(C)c2ccc(Br)s2)ccc1O. The molecule has 0 radical (unpaired) electrons. The Labute approximate surface area is 113 Å². The van der Waals surface area contributed by atoms with Crippen LogP contribution in [0.4, 0.5) is 5.69 Å². The van der Waals surface area contributed by atoms with Gasteiger partial charge in [-0.2, -0.15) is 0 Å². The van der Waals surface area contributed by atoms with Gasteiger partial charge in [-0.15, -0.1) is 11.3 Å². The highest BCUT2D eigenvalue weighted by atomic mass is 79.9. The van der Waals surface area contributed by atoms with Crippen LogP contribution in [0.5, 0.6) is 5.75 Å². The van der Waals surface area contributed by atoms with Crippen molar-refractivity contribution >= 4 is 33.0 Å². The van der Waals surface area contributed by atoms with Crippen molar-refractivity contribution in [3.8, 4) is 5.75 Å². The average Bonchev–Trinajstić information content (AvgIpc) is 2.70. The molecule has 1 heterocycles. The molecule has 1 atom stereocenters. The van der Waals surface area contributed by atoms with E-state index >= 15 is 0 Å². The van der Waals surface area contributed by atoms with E-state index in [4.69, 9.17) is 0 Å². The van der Waals surface area contributed by atoms with Crippen LogP contribution in [0.15, 0.2) is 34.1 Å². The summed E-state index contributed by atoms with van der Waals surface area (Å²) in [5.74, 6) is 0.335. The number of nitrogens with one attached hydrogen (secondary N) is 1. The van der Waals surface area contributed by atoms with Crippen LogP contribution in [0, 0.1) is 6.92 Å². The molecular weight excluding hydrogens is 298 g/mol. The maximum absolute atomic E-state index is 9.47. The third-order valence-electron chi connectivity index (χ3n) is 2.60. The van der Waals surface area contributed by atoms with E-state index < -0.39 is 0 Å². The summed E-state index contributed by atoms with van der Waals surface area (Å²) in [7, 11) is 0. The van der Waals surface area contributed by atoms with E-state index in [9.17, 15) is 5.11 Å². The molecule has 90 valence electrons. The first-order valence-corrected chi connectivity index (χ1v) is 6.98. The van der Waals surface area contributed by atoms with E-state index in [1.54, 1.807) is 17.4 Å². The van der Waals surface area contributed by atoms with E-state index in [-0.39, 0.29) is 6.04 Å². The predicted octanol–water partition coefficient (Wildman–Crippen LogP) is 4.70. The van der Waals surface area contributed by atoms with E-state index in [1.807, 2.05) is 19.1 Å². The minimum absolute atomic E-state index is 0.259. The Balaban J connectivity index is 2.12. The zero-order valence-corrected chi connectivity index (χ0v) is 12.1. The fourth-order valence-corrected chi connectivity index (χ4v) is 3.05. The van der Waals surface area contributed by atoms with Gasteiger partial charge in [-0.1, -0.05) is 0 Å². The Bertz CT molecular complexity index is 524. The fraction of sp³-hybridized carbons (Fsp3) is 0.231. The van der Waals surface area contributed by atoms with Crippen LogP contribution in [0.1, 0.15) is 23.4 Å². The summed E-state index contributed by atoms with van der Waals surface area (Å²) >= 11 is 5.19. The van der Waals surface area contributed by atoms with E-state index in [1.165, 1.54) is 4.88 Å². The van der Waals surface area contributed by atoms with E-state index in [0.29, 0.717) is 5.75 Å². The molecule has 0 saturated heterocycles. The van der Waals surface area contributed by atoms with Crippen molar-refractivity contribution in [1.82, 2.24) is 0 Å². The molecular formula is C13H14BrNOS. The van der Waals surface area contributed by atoms with Gasteiger partial charge < -0.3 is 10.4 Å². The standard InChI is InChI=1S/C13H14BrNOS/c1-8-7-10(3-4-11(8)16)15-9(2)12-5-6-13(14)17-12/h3-7,9,15-16H,1-2H3. The summed E-state index contributed by atoms with van der Waals surface area (Å²) in [5.41, 5.74) is 1.91. The molecule has 0 saturated carbocycles. The van der Waals surface area contributed by atoms with Gasteiger partial charge in [0.1, 0.15) is 5.75 Å². The van der Waals surface area contributed by atoms with Gasteiger partial charge >= 0.3 is 0 Å². The molecule has 4 heteroatoms. The van der Waals surface area contributed by atoms with Crippen molar-refractivity contribution in [3.05, 3.63) is 44.6 Å². The summed E-state index contributed by atoms with van der Waals surface area (Å²) in [4.78, 5) is 1.28. The maximum atomic E-state index is 9.47. The van der Waals surface area contributed by atoms with Gasteiger partial charge in [-0.05, 0) is 65.7 Å². The minimum Gasteiger partial charge on any atom is -0.508 e. The lowest BCUT2D eigenvalue weighted by molar-refractivity contribution is 0.471. The monoisotopic (exact) mass is 311 g/mol. The van der Waals surface area contributed by atoms with Crippen LogP contribution in [0.3, 0.4) is 0 Å². The third kappa shape index (κ3) is 3.01. The zero-order chi connectivity index (χ0) is 12.4. The van der Waals surface area contributed by atoms with Gasteiger partial charge in [-0.25, -0.2) is 0 Å². The molecule has 0 bridgehead atoms. The minimum atomic E-state index is 0.259. The molecule has 1 aromatic carbocycles. The number of hydrogen-bond donors (Lipinski definition) is 2. The molecule has 1 unspecified atom stereocenters. The van der Waals surface area contributed by atoms with Crippen molar-refractivity contribution in [1.29, 1.82) is 0 Å². The number of anilines is 1. The summed E-state index contributed by atoms with van der Waals surface area (Å²) in [6, 6.07) is 9.99. The van der Waals surface area contributed by atoms with Crippen molar-refractivity contribution in [2.75, 3.05) is 5.32 Å². The van der Waals surface area contributed by atoms with Gasteiger partial charge in [0.25, 0.3) is 0 Å². The lowest BCUT2D eigenvalue weighted by atomic mass is 10.2. The lowest BCUT2D eigenvalue weighted by Gasteiger charge is -2.14. The highest BCUT2D eigenvalue weighted by Gasteiger charge is 2.08. The van der Waals surface area contributed by atoms with Crippen LogP contribution >= 0.6 is 27.3 Å². The predicted molar refractivity (Wildman–Crippen MR) is 76.9 cm³/mol. The largest absolute Gasteiger partial charge is 0.508 e. The van der Waals surface area contributed by atoms with Gasteiger partial charge in [0, 0.05) is 10.6 Å². The average molecular weight is 312 g/mol. The number of thiophene rings is 1. The summed E-state index contributed by atoms with van der Waals surface area (Å²) in [5, 5.41) is 12.9. The molecule has 2 N–H and O–H groups in total. The normalized spacial score (nSPS) is 12.4. The first kappa shape index (κ1) is 12.5.